The summed E-state index contributed by atoms with van der Waals surface area (Å²) < 4.78 is 0.807. The molecule has 1 N–H and O–H groups in total. The van der Waals surface area contributed by atoms with Gasteiger partial charge in [0, 0.05) is 23.6 Å². The molecule has 114 valence electrons. The zero-order chi connectivity index (χ0) is 15.4. The van der Waals surface area contributed by atoms with Crippen LogP contribution >= 0.6 is 27.5 Å². The highest BCUT2D eigenvalue weighted by molar-refractivity contribution is 9.10. The number of rotatable bonds is 3. The van der Waals surface area contributed by atoms with Crippen LogP contribution in [0.15, 0.2) is 28.7 Å². The fourth-order valence-electron chi connectivity index (χ4n) is 2.35. The molecule has 0 aromatic heterocycles. The second-order valence-corrected chi connectivity index (χ2v) is 6.68. The van der Waals surface area contributed by atoms with Crippen LogP contribution in [-0.2, 0) is 4.79 Å². The molecule has 0 spiro atoms. The standard InChI is InChI=1S/C15H18BrClN2O2/c1-10(17)14(20)18-11-6-8-19(9-7-11)15(21)12-4-2-3-5-13(12)16/h2-5,10-11H,6-9H2,1H3,(H,18,20). The molecule has 4 nitrogen and oxygen atoms in total. The smallest absolute Gasteiger partial charge is 0.254 e. The van der Waals surface area contributed by atoms with E-state index in [1.165, 1.54) is 0 Å². The third-order valence-electron chi connectivity index (χ3n) is 3.59. The van der Waals surface area contributed by atoms with Crippen molar-refractivity contribution < 1.29 is 9.59 Å². The molecule has 1 fully saturated rings. The summed E-state index contributed by atoms with van der Waals surface area (Å²) in [4.78, 5) is 25.8. The summed E-state index contributed by atoms with van der Waals surface area (Å²) in [6, 6.07) is 7.52. The van der Waals surface area contributed by atoms with Crippen molar-refractivity contribution >= 4 is 39.3 Å². The molecule has 1 aromatic rings. The second-order valence-electron chi connectivity index (χ2n) is 5.17. The Bertz CT molecular complexity index is 528. The van der Waals surface area contributed by atoms with Crippen molar-refractivity contribution in [2.45, 2.75) is 31.2 Å². The molecular weight excluding hydrogens is 356 g/mol. The summed E-state index contributed by atoms with van der Waals surface area (Å²) in [7, 11) is 0. The van der Waals surface area contributed by atoms with Crippen LogP contribution in [0.5, 0.6) is 0 Å². The van der Waals surface area contributed by atoms with Crippen LogP contribution in [-0.4, -0.2) is 41.2 Å². The van der Waals surface area contributed by atoms with Crippen molar-refractivity contribution in [3.05, 3.63) is 34.3 Å². The van der Waals surface area contributed by atoms with Crippen LogP contribution in [0.2, 0.25) is 0 Å². The molecule has 1 aliphatic rings. The lowest BCUT2D eigenvalue weighted by atomic mass is 10.0. The predicted octanol–water partition coefficient (Wildman–Crippen LogP) is 2.80. The molecule has 21 heavy (non-hydrogen) atoms. The van der Waals surface area contributed by atoms with E-state index in [9.17, 15) is 9.59 Å². The lowest BCUT2D eigenvalue weighted by Gasteiger charge is -2.32. The van der Waals surface area contributed by atoms with Crippen LogP contribution in [0.1, 0.15) is 30.1 Å². The Labute approximate surface area is 138 Å². The van der Waals surface area contributed by atoms with Gasteiger partial charge in [-0.1, -0.05) is 12.1 Å². The Kier molecular flexibility index (Phi) is 5.65. The van der Waals surface area contributed by atoms with E-state index in [1.54, 1.807) is 6.92 Å². The largest absolute Gasteiger partial charge is 0.352 e. The quantitative estimate of drug-likeness (QED) is 0.828. The van der Waals surface area contributed by atoms with Gasteiger partial charge in [-0.25, -0.2) is 0 Å². The molecule has 1 aliphatic heterocycles. The normalized spacial score (nSPS) is 17.4. The molecule has 0 bridgehead atoms. The zero-order valence-corrected chi connectivity index (χ0v) is 14.2. The maximum atomic E-state index is 12.4. The molecular formula is C15H18BrClN2O2. The first-order chi connectivity index (χ1) is 9.99. The number of carbonyl (C=O) groups is 2. The minimum absolute atomic E-state index is 0.0259. The fraction of sp³-hybridized carbons (Fsp3) is 0.467. The van der Waals surface area contributed by atoms with Gasteiger partial charge >= 0.3 is 0 Å². The van der Waals surface area contributed by atoms with Crippen LogP contribution in [0.25, 0.3) is 0 Å². The molecule has 1 unspecified atom stereocenters. The van der Waals surface area contributed by atoms with Crippen molar-refractivity contribution in [1.29, 1.82) is 0 Å². The molecule has 1 atom stereocenters. The average molecular weight is 374 g/mol. The number of benzene rings is 1. The molecule has 6 heteroatoms. The first-order valence-electron chi connectivity index (χ1n) is 6.97. The molecule has 0 aliphatic carbocycles. The van der Waals surface area contributed by atoms with E-state index >= 15 is 0 Å². The van der Waals surface area contributed by atoms with E-state index in [4.69, 9.17) is 11.6 Å². The number of carbonyl (C=O) groups excluding carboxylic acids is 2. The van der Waals surface area contributed by atoms with Gasteiger partial charge in [-0.15, -0.1) is 11.6 Å². The number of hydrogen-bond acceptors (Lipinski definition) is 2. The van der Waals surface area contributed by atoms with E-state index in [2.05, 4.69) is 21.2 Å². The molecule has 0 saturated carbocycles. The van der Waals surface area contributed by atoms with Gasteiger partial charge in [0.2, 0.25) is 5.91 Å². The molecule has 2 rings (SSSR count). The minimum Gasteiger partial charge on any atom is -0.352 e. The van der Waals surface area contributed by atoms with Gasteiger partial charge in [0.15, 0.2) is 0 Å². The number of nitrogens with one attached hydrogen (secondary N) is 1. The van der Waals surface area contributed by atoms with E-state index in [0.29, 0.717) is 18.7 Å². The SMILES string of the molecule is CC(Cl)C(=O)NC1CCN(C(=O)c2ccccc2Br)CC1. The van der Waals surface area contributed by atoms with Crippen LogP contribution in [0, 0.1) is 0 Å². The van der Waals surface area contributed by atoms with Gasteiger partial charge < -0.3 is 10.2 Å². The van der Waals surface area contributed by atoms with E-state index in [0.717, 1.165) is 17.3 Å². The molecule has 1 aromatic carbocycles. The molecule has 1 saturated heterocycles. The first kappa shape index (κ1) is 16.3. The minimum atomic E-state index is -0.523. The van der Waals surface area contributed by atoms with Crippen molar-refractivity contribution in [3.63, 3.8) is 0 Å². The highest BCUT2D eigenvalue weighted by Gasteiger charge is 2.26. The fourth-order valence-corrected chi connectivity index (χ4v) is 2.87. The van der Waals surface area contributed by atoms with Gasteiger partial charge in [-0.05, 0) is 47.8 Å². The number of alkyl halides is 1. The lowest BCUT2D eigenvalue weighted by Crippen LogP contribution is -2.47. The Morgan fingerprint density at radius 3 is 2.52 bits per heavy atom. The number of likely N-dealkylation sites (tertiary alicyclic amines) is 1. The van der Waals surface area contributed by atoms with Gasteiger partial charge in [0.05, 0.1) is 5.56 Å². The molecule has 1 heterocycles. The monoisotopic (exact) mass is 372 g/mol. The molecule has 2 amide bonds. The summed E-state index contributed by atoms with van der Waals surface area (Å²) in [6.07, 6.45) is 1.51. The van der Waals surface area contributed by atoms with Crippen LogP contribution < -0.4 is 5.32 Å². The van der Waals surface area contributed by atoms with Crippen LogP contribution in [0.3, 0.4) is 0 Å². The third-order valence-corrected chi connectivity index (χ3v) is 4.48. The lowest BCUT2D eigenvalue weighted by molar-refractivity contribution is -0.121. The Morgan fingerprint density at radius 1 is 1.33 bits per heavy atom. The van der Waals surface area contributed by atoms with E-state index < -0.39 is 5.38 Å². The topological polar surface area (TPSA) is 49.4 Å². The Hall–Kier alpha value is -1.07. The maximum Gasteiger partial charge on any atom is 0.254 e. The number of piperidine rings is 1. The maximum absolute atomic E-state index is 12.4. The van der Waals surface area contributed by atoms with Crippen molar-refractivity contribution in [1.82, 2.24) is 10.2 Å². The van der Waals surface area contributed by atoms with Crippen molar-refractivity contribution in [2.24, 2.45) is 0 Å². The van der Waals surface area contributed by atoms with Crippen molar-refractivity contribution in [2.75, 3.05) is 13.1 Å². The summed E-state index contributed by atoms with van der Waals surface area (Å²) >= 11 is 9.15. The third kappa shape index (κ3) is 4.20. The van der Waals surface area contributed by atoms with Gasteiger partial charge in [0.25, 0.3) is 5.91 Å². The Balaban J connectivity index is 1.91. The zero-order valence-electron chi connectivity index (χ0n) is 11.8. The summed E-state index contributed by atoms with van der Waals surface area (Å²) in [5.74, 6) is -0.120. The van der Waals surface area contributed by atoms with Crippen molar-refractivity contribution in [3.8, 4) is 0 Å². The van der Waals surface area contributed by atoms with E-state index in [1.807, 2.05) is 29.2 Å². The first-order valence-corrected chi connectivity index (χ1v) is 8.20. The van der Waals surface area contributed by atoms with E-state index in [-0.39, 0.29) is 17.9 Å². The average Bonchev–Trinajstić information content (AvgIpc) is 2.47. The number of halogens is 2. The second kappa shape index (κ2) is 7.27. The van der Waals surface area contributed by atoms with Gasteiger partial charge in [-0.3, -0.25) is 9.59 Å². The highest BCUT2D eigenvalue weighted by atomic mass is 79.9. The van der Waals surface area contributed by atoms with Gasteiger partial charge in [0.1, 0.15) is 5.38 Å². The number of nitrogens with zero attached hydrogens (tertiary/aromatic N) is 1. The summed E-state index contributed by atoms with van der Waals surface area (Å²) in [5, 5.41) is 2.39. The highest BCUT2D eigenvalue weighted by Crippen LogP contribution is 2.20. The summed E-state index contributed by atoms with van der Waals surface area (Å²) in [5.41, 5.74) is 0.675. The number of hydrogen-bond donors (Lipinski definition) is 1. The number of amides is 2. The predicted molar refractivity (Wildman–Crippen MR) is 86.5 cm³/mol. The van der Waals surface area contributed by atoms with Gasteiger partial charge in [-0.2, -0.15) is 0 Å². The summed E-state index contributed by atoms with van der Waals surface area (Å²) in [6.45, 7) is 2.94. The molecule has 0 radical (unpaired) electrons. The Morgan fingerprint density at radius 2 is 1.95 bits per heavy atom. The van der Waals surface area contributed by atoms with Crippen LogP contribution in [0.4, 0.5) is 0 Å².